The number of hydrogen-bond acceptors (Lipinski definition) is 1. The predicted octanol–water partition coefficient (Wildman–Crippen LogP) is 3.46. The summed E-state index contributed by atoms with van der Waals surface area (Å²) >= 11 is 0. The summed E-state index contributed by atoms with van der Waals surface area (Å²) in [4.78, 5) is 11.8. The van der Waals surface area contributed by atoms with E-state index in [0.29, 0.717) is 0 Å². The van der Waals surface area contributed by atoms with Crippen molar-refractivity contribution < 1.29 is 4.79 Å². The molecule has 0 atom stereocenters. The van der Waals surface area contributed by atoms with Crippen LogP contribution in [0.5, 0.6) is 0 Å². The van der Waals surface area contributed by atoms with E-state index in [1.165, 1.54) is 0 Å². The van der Waals surface area contributed by atoms with E-state index in [1.54, 1.807) is 0 Å². The van der Waals surface area contributed by atoms with E-state index in [1.807, 2.05) is 50.3 Å². The molecule has 0 saturated carbocycles. The van der Waals surface area contributed by atoms with Gasteiger partial charge in [0.05, 0.1) is 5.57 Å². The molecule has 0 heterocycles. The Morgan fingerprint density at radius 1 is 1.06 bits per heavy atom. The second kappa shape index (κ2) is 4.20. The number of hydrogen-bond donors (Lipinski definition) is 0. The predicted molar refractivity (Wildman–Crippen MR) is 64.3 cm³/mol. The maximum Gasteiger partial charge on any atom is 0.194 e. The molecule has 1 aromatic carbocycles. The number of benzene rings is 1. The maximum absolute atomic E-state index is 11.8. The van der Waals surface area contributed by atoms with Gasteiger partial charge in [0.1, 0.15) is 0 Å². The van der Waals surface area contributed by atoms with Crippen LogP contribution in [0.4, 0.5) is 0 Å². The van der Waals surface area contributed by atoms with Crippen LogP contribution >= 0.6 is 0 Å². The van der Waals surface area contributed by atoms with Crippen LogP contribution in [0.25, 0.3) is 0 Å². The molecule has 2 aliphatic rings. The Labute approximate surface area is 95.1 Å². The van der Waals surface area contributed by atoms with Gasteiger partial charge in [0.2, 0.25) is 0 Å². The summed E-state index contributed by atoms with van der Waals surface area (Å²) in [6.45, 7) is 4.00. The lowest BCUT2D eigenvalue weighted by Crippen LogP contribution is -2.15. The lowest BCUT2D eigenvalue weighted by atomic mass is 9.79. The molecular formula is C15H12O. The van der Waals surface area contributed by atoms with Crippen LogP contribution in [0.3, 0.4) is 0 Å². The highest BCUT2D eigenvalue weighted by molar-refractivity contribution is 6.15. The first-order valence-electron chi connectivity index (χ1n) is 5.44. The third-order valence-corrected chi connectivity index (χ3v) is 2.43. The van der Waals surface area contributed by atoms with E-state index in [0.717, 1.165) is 22.3 Å². The summed E-state index contributed by atoms with van der Waals surface area (Å²) < 4.78 is 0. The summed E-state index contributed by atoms with van der Waals surface area (Å²) in [7, 11) is 0. The Bertz CT molecular complexity index is 561. The quantitative estimate of drug-likeness (QED) is 0.537. The molecule has 0 N–H and O–H groups in total. The molecule has 0 aromatic heterocycles. The number of fused-ring (bicyclic) bond motifs is 1. The standard InChI is InChI=1S/C13H6O.C2H6/c14-13(9-4-2-1-3-5-9)12-8-10-6-7-11(10)12;1-2/h1-5,8H;1-2H3. The van der Waals surface area contributed by atoms with Crippen molar-refractivity contribution in [3.05, 3.63) is 70.2 Å². The summed E-state index contributed by atoms with van der Waals surface area (Å²) in [5, 5.41) is 0. The Hall–Kier alpha value is -2.07. The van der Waals surface area contributed by atoms with Gasteiger partial charge in [-0.3, -0.25) is 4.79 Å². The largest absolute Gasteiger partial charge is 0.289 e. The van der Waals surface area contributed by atoms with E-state index in [-0.39, 0.29) is 5.78 Å². The van der Waals surface area contributed by atoms with Crippen LogP contribution in [0.1, 0.15) is 24.2 Å². The highest BCUT2D eigenvalue weighted by Crippen LogP contribution is 2.36. The van der Waals surface area contributed by atoms with Crippen molar-refractivity contribution in [2.75, 3.05) is 0 Å². The van der Waals surface area contributed by atoms with Gasteiger partial charge in [-0.1, -0.05) is 55.6 Å². The Kier molecular flexibility index (Phi) is 2.74. The molecule has 3 rings (SSSR count). The summed E-state index contributed by atoms with van der Waals surface area (Å²) in [6.07, 6.45) is 1.86. The zero-order valence-electron chi connectivity index (χ0n) is 9.37. The van der Waals surface area contributed by atoms with Crippen LogP contribution in [0.15, 0.2) is 64.6 Å². The third-order valence-electron chi connectivity index (χ3n) is 2.43. The molecule has 16 heavy (non-hydrogen) atoms. The maximum atomic E-state index is 11.8. The molecule has 0 radical (unpaired) electrons. The number of ketones is 1. The van der Waals surface area contributed by atoms with Gasteiger partial charge >= 0.3 is 0 Å². The number of carbonyl (C=O) groups excluding carboxylic acids is 1. The van der Waals surface area contributed by atoms with Crippen molar-refractivity contribution in [1.29, 1.82) is 0 Å². The molecule has 2 aliphatic carbocycles. The third kappa shape index (κ3) is 1.49. The molecule has 0 saturated heterocycles. The zero-order valence-corrected chi connectivity index (χ0v) is 9.37. The monoisotopic (exact) mass is 208 g/mol. The fourth-order valence-corrected chi connectivity index (χ4v) is 1.58. The SMILES string of the molecule is CC.O=C(C1=CC2=C=C=C21)c1ccccc1. The second-order valence-electron chi connectivity index (χ2n) is 3.29. The van der Waals surface area contributed by atoms with E-state index in [2.05, 4.69) is 11.5 Å². The number of rotatable bonds is 2. The molecule has 1 aromatic rings. The topological polar surface area (TPSA) is 17.1 Å². The average Bonchev–Trinajstić information content (AvgIpc) is 2.35. The number of allylic oxidation sites excluding steroid dienone is 4. The molecule has 0 unspecified atom stereocenters. The van der Waals surface area contributed by atoms with Crippen molar-refractivity contribution in [1.82, 2.24) is 0 Å². The molecule has 0 spiro atoms. The summed E-state index contributed by atoms with van der Waals surface area (Å²) in [5.41, 5.74) is 9.25. The Morgan fingerprint density at radius 3 is 2.19 bits per heavy atom. The van der Waals surface area contributed by atoms with E-state index < -0.39 is 0 Å². The molecule has 0 fully saturated rings. The first-order valence-corrected chi connectivity index (χ1v) is 5.44. The highest BCUT2D eigenvalue weighted by Gasteiger charge is 2.28. The van der Waals surface area contributed by atoms with Crippen molar-refractivity contribution in [2.24, 2.45) is 0 Å². The molecule has 78 valence electrons. The van der Waals surface area contributed by atoms with Crippen LogP contribution < -0.4 is 0 Å². The van der Waals surface area contributed by atoms with Gasteiger partial charge in [-0.2, -0.15) is 0 Å². The van der Waals surface area contributed by atoms with Crippen LogP contribution in [0, 0.1) is 0 Å². The van der Waals surface area contributed by atoms with Crippen LogP contribution in [-0.4, -0.2) is 5.78 Å². The van der Waals surface area contributed by atoms with Gasteiger partial charge in [0.25, 0.3) is 0 Å². The zero-order chi connectivity index (χ0) is 11.5. The summed E-state index contributed by atoms with van der Waals surface area (Å²) in [5.74, 6) is 0.0818. The molecule has 1 nitrogen and oxygen atoms in total. The van der Waals surface area contributed by atoms with Crippen molar-refractivity contribution in [3.8, 4) is 0 Å². The van der Waals surface area contributed by atoms with Gasteiger partial charge in [0.15, 0.2) is 5.78 Å². The van der Waals surface area contributed by atoms with Gasteiger partial charge in [-0.25, -0.2) is 0 Å². The fourth-order valence-electron chi connectivity index (χ4n) is 1.58. The van der Waals surface area contributed by atoms with E-state index in [4.69, 9.17) is 0 Å². The van der Waals surface area contributed by atoms with Gasteiger partial charge in [0, 0.05) is 16.7 Å². The summed E-state index contributed by atoms with van der Waals surface area (Å²) in [6, 6.07) is 9.30. The van der Waals surface area contributed by atoms with Gasteiger partial charge in [-0.15, -0.1) is 0 Å². The van der Waals surface area contributed by atoms with Crippen molar-refractivity contribution >= 4 is 5.78 Å². The lowest BCUT2D eigenvalue weighted by molar-refractivity contribution is 0.103. The molecule has 0 aliphatic heterocycles. The Balaban J connectivity index is 0.000000457. The van der Waals surface area contributed by atoms with Crippen LogP contribution in [-0.2, 0) is 0 Å². The Morgan fingerprint density at radius 2 is 1.75 bits per heavy atom. The minimum absolute atomic E-state index is 0.0818. The molecular weight excluding hydrogens is 196 g/mol. The van der Waals surface area contributed by atoms with Crippen molar-refractivity contribution in [2.45, 2.75) is 13.8 Å². The first kappa shape index (κ1) is 10.4. The van der Waals surface area contributed by atoms with E-state index in [9.17, 15) is 4.79 Å². The van der Waals surface area contributed by atoms with Crippen LogP contribution in [0.2, 0.25) is 0 Å². The van der Waals surface area contributed by atoms with Gasteiger partial charge < -0.3 is 0 Å². The average molecular weight is 208 g/mol. The number of carbonyl (C=O) groups is 1. The van der Waals surface area contributed by atoms with E-state index >= 15 is 0 Å². The minimum atomic E-state index is 0.0818. The minimum Gasteiger partial charge on any atom is -0.289 e. The molecule has 1 heteroatoms. The smallest absolute Gasteiger partial charge is 0.194 e. The molecule has 0 amide bonds. The normalized spacial score (nSPS) is 14.0. The fraction of sp³-hybridized carbons (Fsp3) is 0.133. The first-order chi connectivity index (χ1) is 7.86. The number of Topliss-reactive ketones (excluding diaryl/α,β-unsaturated/α-hetero) is 1. The highest BCUT2D eigenvalue weighted by atomic mass is 16.1. The van der Waals surface area contributed by atoms with Crippen molar-refractivity contribution in [3.63, 3.8) is 0 Å². The second-order valence-corrected chi connectivity index (χ2v) is 3.29. The van der Waals surface area contributed by atoms with Gasteiger partial charge in [-0.05, 0) is 6.08 Å². The molecule has 0 bridgehead atoms. The lowest BCUT2D eigenvalue weighted by Gasteiger charge is -2.20.